The van der Waals surface area contributed by atoms with Crippen LogP contribution in [-0.2, 0) is 15.1 Å². The second-order valence-corrected chi connectivity index (χ2v) is 13.4. The molecule has 2 heterocycles. The van der Waals surface area contributed by atoms with Gasteiger partial charge >= 0.3 is 6.09 Å². The van der Waals surface area contributed by atoms with Crippen LogP contribution < -0.4 is 5.32 Å². The van der Waals surface area contributed by atoms with Crippen LogP contribution in [0.1, 0.15) is 50.3 Å². The SMILES string of the molecule is CC(C)(C)OC(=O)N1CCCC(C(=O)Nc2nn(C(c3ccccc3)(c3ccccc3)c3ccccc3)c3ccc(Br)cc23)C1. The molecule has 1 fully saturated rings. The van der Waals surface area contributed by atoms with E-state index < -0.39 is 17.2 Å². The Kier molecular flexibility index (Phi) is 8.51. The van der Waals surface area contributed by atoms with Gasteiger partial charge < -0.3 is 15.0 Å². The zero-order chi connectivity index (χ0) is 31.6. The van der Waals surface area contributed by atoms with Gasteiger partial charge in [-0.25, -0.2) is 9.48 Å². The summed E-state index contributed by atoms with van der Waals surface area (Å²) in [5.74, 6) is -0.0851. The molecular formula is C37H37BrN4O3. The molecule has 1 aliphatic heterocycles. The highest BCUT2D eigenvalue weighted by Crippen LogP contribution is 2.43. The summed E-state index contributed by atoms with van der Waals surface area (Å²) >= 11 is 3.64. The van der Waals surface area contributed by atoms with Gasteiger partial charge in [-0.15, -0.1) is 0 Å². The Morgan fingerprint density at radius 2 is 1.40 bits per heavy atom. The molecule has 1 atom stereocenters. The normalized spacial score (nSPS) is 15.6. The molecule has 0 spiro atoms. The first-order valence-electron chi connectivity index (χ1n) is 15.3. The lowest BCUT2D eigenvalue weighted by molar-refractivity contribution is -0.121. The molecule has 5 aromatic rings. The van der Waals surface area contributed by atoms with Crippen LogP contribution in [0.4, 0.5) is 10.6 Å². The van der Waals surface area contributed by atoms with Crippen molar-refractivity contribution in [3.05, 3.63) is 130 Å². The molecule has 0 aliphatic carbocycles. The summed E-state index contributed by atoms with van der Waals surface area (Å²) in [6, 6.07) is 37.1. The number of rotatable bonds is 6. The lowest BCUT2D eigenvalue weighted by atomic mass is 9.77. The quantitative estimate of drug-likeness (QED) is 0.186. The van der Waals surface area contributed by atoms with Crippen LogP contribution in [0.15, 0.2) is 114 Å². The van der Waals surface area contributed by atoms with Gasteiger partial charge in [0, 0.05) is 22.9 Å². The summed E-state index contributed by atoms with van der Waals surface area (Å²) in [6.45, 7) is 6.40. The van der Waals surface area contributed by atoms with Crippen molar-refractivity contribution in [1.82, 2.24) is 14.7 Å². The number of hydrogen-bond acceptors (Lipinski definition) is 4. The Morgan fingerprint density at radius 1 is 0.844 bits per heavy atom. The maximum Gasteiger partial charge on any atom is 0.410 e. The third kappa shape index (κ3) is 6.12. The van der Waals surface area contributed by atoms with Gasteiger partial charge in [-0.05, 0) is 68.5 Å². The number of aromatic nitrogens is 2. The molecule has 6 rings (SSSR count). The van der Waals surface area contributed by atoms with Gasteiger partial charge in [0.15, 0.2) is 5.82 Å². The molecule has 0 bridgehead atoms. The molecule has 45 heavy (non-hydrogen) atoms. The number of ether oxygens (including phenoxy) is 1. The van der Waals surface area contributed by atoms with Crippen molar-refractivity contribution in [3.8, 4) is 0 Å². The number of nitrogens with zero attached hydrogens (tertiary/aromatic N) is 3. The molecule has 1 aromatic heterocycles. The Hall–Kier alpha value is -4.43. The van der Waals surface area contributed by atoms with E-state index in [1.807, 2.05) is 98.2 Å². The molecule has 1 unspecified atom stereocenters. The van der Waals surface area contributed by atoms with E-state index in [1.165, 1.54) is 0 Å². The molecule has 0 saturated carbocycles. The number of nitrogens with one attached hydrogen (secondary N) is 1. The number of hydrogen-bond donors (Lipinski definition) is 1. The van der Waals surface area contributed by atoms with E-state index in [4.69, 9.17) is 9.84 Å². The maximum absolute atomic E-state index is 13.9. The number of carbonyl (C=O) groups is 2. The fraction of sp³-hybridized carbons (Fsp3) is 0.270. The minimum Gasteiger partial charge on any atom is -0.444 e. The number of piperidine rings is 1. The first kappa shape index (κ1) is 30.6. The van der Waals surface area contributed by atoms with Crippen LogP contribution in [0.25, 0.3) is 10.9 Å². The van der Waals surface area contributed by atoms with Gasteiger partial charge in [0.2, 0.25) is 5.91 Å². The van der Waals surface area contributed by atoms with Crippen LogP contribution in [0.3, 0.4) is 0 Å². The van der Waals surface area contributed by atoms with Crippen LogP contribution in [0.2, 0.25) is 0 Å². The van der Waals surface area contributed by atoms with Crippen LogP contribution in [0.5, 0.6) is 0 Å². The second kappa shape index (κ2) is 12.5. The Bertz CT molecular complexity index is 1700. The van der Waals surface area contributed by atoms with Gasteiger partial charge in [-0.1, -0.05) is 107 Å². The number of benzene rings is 4. The fourth-order valence-corrected chi connectivity index (χ4v) is 6.61. The van der Waals surface area contributed by atoms with Crippen molar-refractivity contribution >= 4 is 44.7 Å². The Labute approximate surface area is 272 Å². The van der Waals surface area contributed by atoms with Gasteiger partial charge in [0.05, 0.1) is 11.4 Å². The average Bonchev–Trinajstić information content (AvgIpc) is 3.39. The van der Waals surface area contributed by atoms with Crippen LogP contribution in [0, 0.1) is 5.92 Å². The summed E-state index contributed by atoms with van der Waals surface area (Å²) in [7, 11) is 0. The van der Waals surface area contributed by atoms with Crippen molar-refractivity contribution in [2.24, 2.45) is 5.92 Å². The molecular weight excluding hydrogens is 628 g/mol. The monoisotopic (exact) mass is 664 g/mol. The Balaban J connectivity index is 1.47. The van der Waals surface area contributed by atoms with Crippen molar-refractivity contribution in [2.45, 2.75) is 44.8 Å². The average molecular weight is 666 g/mol. The lowest BCUT2D eigenvalue weighted by Gasteiger charge is -2.37. The number of anilines is 1. The lowest BCUT2D eigenvalue weighted by Crippen LogP contribution is -2.45. The zero-order valence-electron chi connectivity index (χ0n) is 25.7. The largest absolute Gasteiger partial charge is 0.444 e. The first-order chi connectivity index (χ1) is 21.7. The molecule has 0 radical (unpaired) electrons. The summed E-state index contributed by atoms with van der Waals surface area (Å²) in [4.78, 5) is 28.3. The van der Waals surface area contributed by atoms with Crippen molar-refractivity contribution in [3.63, 3.8) is 0 Å². The predicted molar refractivity (Wildman–Crippen MR) is 181 cm³/mol. The molecule has 230 valence electrons. The molecule has 1 N–H and O–H groups in total. The van der Waals surface area contributed by atoms with E-state index in [1.54, 1.807) is 4.90 Å². The third-order valence-corrected chi connectivity index (χ3v) is 8.71. The number of amides is 2. The maximum atomic E-state index is 13.9. The Morgan fingerprint density at radius 3 is 1.93 bits per heavy atom. The zero-order valence-corrected chi connectivity index (χ0v) is 27.3. The third-order valence-electron chi connectivity index (χ3n) is 8.22. The van der Waals surface area contributed by atoms with E-state index in [9.17, 15) is 9.59 Å². The minimum absolute atomic E-state index is 0.167. The smallest absolute Gasteiger partial charge is 0.410 e. The molecule has 1 aliphatic rings. The molecule has 2 amide bonds. The predicted octanol–water partition coefficient (Wildman–Crippen LogP) is 8.22. The van der Waals surface area contributed by atoms with Crippen molar-refractivity contribution in [1.29, 1.82) is 0 Å². The van der Waals surface area contributed by atoms with Gasteiger partial charge in [-0.3, -0.25) is 4.79 Å². The van der Waals surface area contributed by atoms with E-state index in [0.29, 0.717) is 25.3 Å². The van der Waals surface area contributed by atoms with Crippen molar-refractivity contribution in [2.75, 3.05) is 18.4 Å². The highest BCUT2D eigenvalue weighted by molar-refractivity contribution is 9.10. The fourth-order valence-electron chi connectivity index (χ4n) is 6.25. The molecule has 1 saturated heterocycles. The standard InChI is InChI=1S/C37H37BrN4O3/c1-36(2,3)45-35(44)41-23-13-14-26(25-41)34(43)39-33-31-24-30(38)21-22-32(31)42(40-33)37(27-15-7-4-8-16-27,28-17-9-5-10-18-28)29-19-11-6-12-20-29/h4-12,15-22,24,26H,13-14,23,25H2,1-3H3,(H,39,40,43). The summed E-state index contributed by atoms with van der Waals surface area (Å²) in [5.41, 5.74) is 2.52. The van der Waals surface area contributed by atoms with E-state index in [2.05, 4.69) is 57.6 Å². The summed E-state index contributed by atoms with van der Waals surface area (Å²) in [6.07, 6.45) is 1.00. The molecule has 4 aromatic carbocycles. The highest BCUT2D eigenvalue weighted by atomic mass is 79.9. The van der Waals surface area contributed by atoms with Gasteiger partial charge in [0.25, 0.3) is 0 Å². The number of fused-ring (bicyclic) bond motifs is 1. The van der Waals surface area contributed by atoms with Gasteiger partial charge in [-0.2, -0.15) is 5.10 Å². The molecule has 7 nitrogen and oxygen atoms in total. The van der Waals surface area contributed by atoms with Crippen LogP contribution in [-0.4, -0.2) is 45.4 Å². The van der Waals surface area contributed by atoms with E-state index in [0.717, 1.165) is 38.5 Å². The van der Waals surface area contributed by atoms with Crippen LogP contribution >= 0.6 is 15.9 Å². The number of carbonyl (C=O) groups excluding carboxylic acids is 2. The first-order valence-corrected chi connectivity index (χ1v) is 16.1. The van der Waals surface area contributed by atoms with Gasteiger partial charge in [0.1, 0.15) is 11.1 Å². The summed E-state index contributed by atoms with van der Waals surface area (Å²) in [5, 5.41) is 9.20. The number of halogens is 1. The second-order valence-electron chi connectivity index (χ2n) is 12.5. The van der Waals surface area contributed by atoms with Crippen molar-refractivity contribution < 1.29 is 14.3 Å². The highest BCUT2D eigenvalue weighted by Gasteiger charge is 2.41. The minimum atomic E-state index is -0.850. The topological polar surface area (TPSA) is 76.5 Å². The number of likely N-dealkylation sites (tertiary alicyclic amines) is 1. The molecule has 8 heteroatoms. The summed E-state index contributed by atoms with van der Waals surface area (Å²) < 4.78 is 8.51. The van der Waals surface area contributed by atoms with E-state index >= 15 is 0 Å². The van der Waals surface area contributed by atoms with E-state index in [-0.39, 0.29) is 11.8 Å².